The molecule has 1 aromatic rings. The molecule has 0 bridgehead atoms. The molecule has 24 N–H and O–H groups in total. The van der Waals surface area contributed by atoms with E-state index in [0.29, 0.717) is 11.3 Å². The van der Waals surface area contributed by atoms with Crippen LogP contribution in [0.25, 0.3) is 0 Å². The molecule has 13 amide bonds. The molecule has 0 spiro atoms. The van der Waals surface area contributed by atoms with Gasteiger partial charge in [0.2, 0.25) is 76.8 Å². The van der Waals surface area contributed by atoms with Crippen LogP contribution in [-0.2, 0) is 83.1 Å². The van der Waals surface area contributed by atoms with Crippen molar-refractivity contribution < 1.29 is 92.0 Å². The van der Waals surface area contributed by atoms with Gasteiger partial charge in [-0.15, -0.1) is 0 Å². The molecule has 0 aliphatic heterocycles. The third-order valence-electron chi connectivity index (χ3n) is 14.2. The number of rotatable bonds is 49. The van der Waals surface area contributed by atoms with Gasteiger partial charge in [0.15, 0.2) is 0 Å². The van der Waals surface area contributed by atoms with E-state index in [1.807, 2.05) is 0 Å². The van der Waals surface area contributed by atoms with Crippen molar-refractivity contribution >= 4 is 119 Å². The Labute approximate surface area is 565 Å². The van der Waals surface area contributed by atoms with Crippen molar-refractivity contribution in [3.63, 3.8) is 0 Å². The van der Waals surface area contributed by atoms with Gasteiger partial charge in [-0.25, -0.2) is 4.79 Å². The Bertz CT molecular complexity index is 2820. The predicted octanol–water partition coefficient (Wildman–Crippen LogP) is -5.66. The fourth-order valence-corrected chi connectivity index (χ4v) is 9.74. The summed E-state index contributed by atoms with van der Waals surface area (Å²) in [5, 5.41) is 55.3. The number of nitrogens with one attached hydrogen (secondary N) is 11. The number of nitrogens with two attached hydrogens (primary N) is 5. The third kappa shape index (κ3) is 34.1. The Kier molecular flexibility index (Phi) is 40.6. The highest BCUT2D eigenvalue weighted by Gasteiger charge is 2.38. The number of unbranched alkanes of at least 4 members (excludes halogenated alkanes) is 2. The van der Waals surface area contributed by atoms with E-state index < -0.39 is 206 Å². The largest absolute Gasteiger partial charge is 0.481 e. The van der Waals surface area contributed by atoms with Crippen molar-refractivity contribution in [1.82, 2.24) is 58.5 Å². The number of hydrogen-bond donors (Lipinski definition) is 20. The lowest BCUT2D eigenvalue weighted by molar-refractivity contribution is -0.143. The minimum Gasteiger partial charge on any atom is -0.481 e. The summed E-state index contributed by atoms with van der Waals surface area (Å²) in [4.78, 5) is 213. The first-order valence-electron chi connectivity index (χ1n) is 31.0. The number of carboxylic acids is 3. The average Bonchev–Trinajstić information content (AvgIpc) is 0.883. The molecule has 1 rings (SSSR count). The van der Waals surface area contributed by atoms with E-state index in [4.69, 9.17) is 28.7 Å². The smallest absolute Gasteiger partial charge is 0.326 e. The Morgan fingerprint density at radius 2 is 0.875 bits per heavy atom. The van der Waals surface area contributed by atoms with E-state index in [1.54, 1.807) is 50.4 Å². The van der Waals surface area contributed by atoms with Crippen LogP contribution < -0.4 is 87.2 Å². The average molecular weight is 1400 g/mol. The lowest BCUT2D eigenvalue weighted by Crippen LogP contribution is -2.61. The molecule has 0 heterocycles. The summed E-state index contributed by atoms with van der Waals surface area (Å²) < 4.78 is 0. The molecule has 0 unspecified atom stereocenters. The van der Waals surface area contributed by atoms with Crippen LogP contribution in [0.1, 0.15) is 117 Å². The van der Waals surface area contributed by atoms with Crippen LogP contribution >= 0.6 is 24.4 Å². The lowest BCUT2D eigenvalue weighted by atomic mass is 10.0. The van der Waals surface area contributed by atoms with Gasteiger partial charge in [-0.05, 0) is 100 Å². The molecular formula is C59H96N16O19S2. The summed E-state index contributed by atoms with van der Waals surface area (Å²) in [6, 6.07) is -9.69. The van der Waals surface area contributed by atoms with E-state index in [1.165, 1.54) is 25.6 Å². The molecule has 0 aliphatic carbocycles. The molecule has 0 aliphatic rings. The Hall–Kier alpha value is -8.68. The molecule has 538 valence electrons. The van der Waals surface area contributed by atoms with Crippen LogP contribution in [0.2, 0.25) is 0 Å². The maximum atomic E-state index is 14.6. The van der Waals surface area contributed by atoms with Crippen LogP contribution in [0.3, 0.4) is 0 Å². The number of carbonyl (C=O) groups is 16. The van der Waals surface area contributed by atoms with Gasteiger partial charge in [-0.1, -0.05) is 58.0 Å². The summed E-state index contributed by atoms with van der Waals surface area (Å²) in [5.41, 5.74) is 28.6. The van der Waals surface area contributed by atoms with Gasteiger partial charge in [0.1, 0.15) is 60.4 Å². The number of thiol groups is 1. The molecule has 35 nitrogen and oxygen atoms in total. The summed E-state index contributed by atoms with van der Waals surface area (Å²) in [6.07, 6.45) is -2.43. The summed E-state index contributed by atoms with van der Waals surface area (Å²) in [7, 11) is 0. The van der Waals surface area contributed by atoms with Gasteiger partial charge in [0.05, 0.1) is 31.8 Å². The van der Waals surface area contributed by atoms with Crippen LogP contribution in [0, 0.1) is 11.8 Å². The van der Waals surface area contributed by atoms with Crippen LogP contribution in [-0.4, -0.2) is 214 Å². The fraction of sp³-hybridized carbons (Fsp3) is 0.627. The zero-order chi connectivity index (χ0) is 72.8. The highest BCUT2D eigenvalue weighted by Crippen LogP contribution is 2.13. The van der Waals surface area contributed by atoms with Gasteiger partial charge < -0.3 is 102 Å². The first-order valence-corrected chi connectivity index (χ1v) is 33.0. The highest BCUT2D eigenvalue weighted by molar-refractivity contribution is 7.98. The van der Waals surface area contributed by atoms with Crippen molar-refractivity contribution in [2.75, 3.05) is 37.4 Å². The Morgan fingerprint density at radius 1 is 0.479 bits per heavy atom. The van der Waals surface area contributed by atoms with Crippen LogP contribution in [0.5, 0.6) is 0 Å². The Morgan fingerprint density at radius 3 is 1.27 bits per heavy atom. The van der Waals surface area contributed by atoms with Crippen molar-refractivity contribution in [1.29, 1.82) is 0 Å². The minimum absolute atomic E-state index is 0.0177. The van der Waals surface area contributed by atoms with Gasteiger partial charge in [-0.2, -0.15) is 24.4 Å². The second-order valence-corrected chi connectivity index (χ2v) is 24.6. The van der Waals surface area contributed by atoms with E-state index in [2.05, 4.69) is 71.1 Å². The van der Waals surface area contributed by atoms with Gasteiger partial charge in [0, 0.05) is 18.6 Å². The van der Waals surface area contributed by atoms with E-state index in [-0.39, 0.29) is 82.5 Å². The molecule has 0 saturated carbocycles. The van der Waals surface area contributed by atoms with E-state index in [9.17, 15) is 92.0 Å². The quantitative estimate of drug-likeness (QED) is 0.0214. The molecule has 0 aromatic heterocycles. The molecule has 0 fully saturated rings. The highest BCUT2D eigenvalue weighted by atomic mass is 32.2. The molecule has 0 radical (unpaired) electrons. The topological polar surface area (TPSA) is 596 Å². The number of thioether (sulfide) groups is 1. The van der Waals surface area contributed by atoms with Crippen LogP contribution in [0.15, 0.2) is 30.3 Å². The predicted molar refractivity (Wildman–Crippen MR) is 352 cm³/mol. The number of primary amides is 2. The third-order valence-corrected chi connectivity index (χ3v) is 15.3. The maximum Gasteiger partial charge on any atom is 0.326 e. The number of carboxylic acid groups (broad SMARTS) is 3. The van der Waals surface area contributed by atoms with E-state index >= 15 is 0 Å². The Balaban J connectivity index is 3.73. The van der Waals surface area contributed by atoms with Gasteiger partial charge in [-0.3, -0.25) is 71.9 Å². The minimum atomic E-state index is -1.99. The van der Waals surface area contributed by atoms with E-state index in [0.717, 1.165) is 0 Å². The number of amides is 13. The zero-order valence-corrected chi connectivity index (χ0v) is 56.2. The van der Waals surface area contributed by atoms with Gasteiger partial charge >= 0.3 is 17.9 Å². The monoisotopic (exact) mass is 1400 g/mol. The molecular weight excluding hydrogens is 1300 g/mol. The molecule has 37 heteroatoms. The number of aliphatic carboxylic acids is 3. The summed E-state index contributed by atoms with van der Waals surface area (Å²) in [6.45, 7) is 6.04. The lowest BCUT2D eigenvalue weighted by Gasteiger charge is -2.28. The first-order chi connectivity index (χ1) is 45.2. The van der Waals surface area contributed by atoms with Crippen molar-refractivity contribution in [2.45, 2.75) is 184 Å². The summed E-state index contributed by atoms with van der Waals surface area (Å²) >= 11 is 5.22. The van der Waals surface area contributed by atoms with Crippen molar-refractivity contribution in [2.24, 2.45) is 40.5 Å². The molecule has 11 atom stereocenters. The molecule has 96 heavy (non-hydrogen) atoms. The number of hydrogen-bond acceptors (Lipinski definition) is 21. The maximum absolute atomic E-state index is 14.6. The van der Waals surface area contributed by atoms with Crippen LogP contribution in [0.4, 0.5) is 0 Å². The van der Waals surface area contributed by atoms with Crippen molar-refractivity contribution in [3.05, 3.63) is 35.9 Å². The molecule has 1 aromatic carbocycles. The summed E-state index contributed by atoms with van der Waals surface area (Å²) in [5.74, 6) is -19.0. The number of carbonyl (C=O) groups excluding carboxylic acids is 13. The first kappa shape index (κ1) is 85.3. The number of benzene rings is 1. The molecule has 0 saturated heterocycles. The SMILES string of the molecule is CSCC[C@H](NC(=O)[C@H](CCC(=O)O)NC(=O)[C@H](CCCCN)NC(=O)[C@H](CC(N)=O)NC(=O)[C@H](Cc1ccccc1)NC(=O)[C@H](CCCCN)NC(=O)[C@H](CC(N)=O)NC(=O)[C@H](CC(=O)O)NC(=O)[C@@H](NC(=O)CNC(=O)[C@@H](N)CS)C(C)C)C(=O)N[C@@H](CC(C)C)C(=O)O. The zero-order valence-electron chi connectivity index (χ0n) is 54.4. The fourth-order valence-electron chi connectivity index (χ4n) is 9.10. The second kappa shape index (κ2) is 45.7. The standard InChI is InChI=1S/C59H96N16O19S2/c1-30(2)23-42(59(93)94)74-53(87)37(19-22-96-5)69-52(86)36(17-18-46(79)80)68-50(84)34(15-9-11-20-60)66-55(89)39(25-43(63)76)71-54(88)38(24-32-13-7-6-8-14-32)70-51(85)35(16-10-12-21-61)67-56(90)40(26-44(64)77)72-57(91)41(27-47(81)82)73-58(92)48(31(3)4)75-45(78)28-65-49(83)33(62)29-95/h6-8,13-14,30-31,33-42,48,95H,9-12,15-29,60-62H2,1-5H3,(H2,63,76)(H2,64,77)(H,65,83)(H,66,89)(H,67,90)(H,68,84)(H,69,86)(H,70,85)(H,71,88)(H,72,91)(H,73,92)(H,74,87)(H,75,78)(H,79,80)(H,81,82)(H,93,94)/t33-,34-,35-,36-,37-,38-,39-,40-,41-,42-,48-/m0/s1. The normalized spacial score (nSPS) is 14.5. The van der Waals surface area contributed by atoms with Gasteiger partial charge in [0.25, 0.3) is 0 Å². The van der Waals surface area contributed by atoms with Crippen molar-refractivity contribution in [3.8, 4) is 0 Å². The second-order valence-electron chi connectivity index (χ2n) is 23.2.